The van der Waals surface area contributed by atoms with Gasteiger partial charge in [0.25, 0.3) is 0 Å². The minimum absolute atomic E-state index is 0.0973. The third-order valence-electron chi connectivity index (χ3n) is 8.23. The molecule has 1 aliphatic heterocycles. The third kappa shape index (κ3) is 4.82. The fraction of sp³-hybridized carbons (Fsp3) is 0.500. The van der Waals surface area contributed by atoms with Gasteiger partial charge < -0.3 is 14.4 Å². The number of hydrogen-bond donors (Lipinski definition) is 0. The van der Waals surface area contributed by atoms with E-state index in [1.165, 1.54) is 37.5 Å². The summed E-state index contributed by atoms with van der Waals surface area (Å²) in [6.07, 6.45) is 12.9. The van der Waals surface area contributed by atoms with E-state index in [2.05, 4.69) is 36.1 Å². The van der Waals surface area contributed by atoms with Crippen molar-refractivity contribution in [1.82, 2.24) is 0 Å². The zero-order valence-corrected chi connectivity index (χ0v) is 21.7. The molecular weight excluding hydrogens is 458 g/mol. The van der Waals surface area contributed by atoms with Gasteiger partial charge in [0.2, 0.25) is 0 Å². The van der Waals surface area contributed by atoms with E-state index < -0.39 is 0 Å². The van der Waals surface area contributed by atoms with E-state index in [0.29, 0.717) is 24.0 Å². The molecule has 2 aromatic rings. The molecule has 5 heteroatoms. The molecule has 1 spiro atoms. The number of allylic oxidation sites excluding steroid dienone is 2. The van der Waals surface area contributed by atoms with E-state index in [1.54, 1.807) is 0 Å². The zero-order chi connectivity index (χ0) is 24.4. The second-order valence-electron chi connectivity index (χ2n) is 10.5. The maximum atomic E-state index is 12.4. The van der Waals surface area contributed by atoms with E-state index in [0.717, 1.165) is 55.2 Å². The van der Waals surface area contributed by atoms with Crippen LogP contribution in [0.25, 0.3) is 0 Å². The maximum absolute atomic E-state index is 12.4. The largest absolute Gasteiger partial charge is 0.490 e. The Bertz CT molecular complexity index is 1110. The molecule has 35 heavy (non-hydrogen) atoms. The van der Waals surface area contributed by atoms with E-state index in [-0.39, 0.29) is 11.4 Å². The van der Waals surface area contributed by atoms with Gasteiger partial charge in [-0.2, -0.15) is 0 Å². The van der Waals surface area contributed by atoms with Gasteiger partial charge in [0.1, 0.15) is 5.75 Å². The lowest BCUT2D eigenvalue weighted by molar-refractivity contribution is 0.0600. The minimum Gasteiger partial charge on any atom is -0.490 e. The molecule has 186 valence electrons. The summed E-state index contributed by atoms with van der Waals surface area (Å²) < 4.78 is 11.6. The third-order valence-corrected chi connectivity index (χ3v) is 8.46. The van der Waals surface area contributed by atoms with Gasteiger partial charge in [0.05, 0.1) is 25.0 Å². The Balaban J connectivity index is 1.51. The molecule has 0 saturated heterocycles. The molecule has 0 bridgehead atoms. The first-order chi connectivity index (χ1) is 17.0. The van der Waals surface area contributed by atoms with Gasteiger partial charge in [-0.05, 0) is 91.8 Å². The van der Waals surface area contributed by atoms with Gasteiger partial charge in [-0.25, -0.2) is 4.79 Å². The van der Waals surface area contributed by atoms with Gasteiger partial charge in [-0.1, -0.05) is 43.2 Å². The van der Waals surface area contributed by atoms with Crippen LogP contribution in [0.1, 0.15) is 66.9 Å². The molecule has 2 aliphatic carbocycles. The van der Waals surface area contributed by atoms with Crippen molar-refractivity contribution in [3.05, 3.63) is 70.3 Å². The van der Waals surface area contributed by atoms with Crippen LogP contribution in [-0.4, -0.2) is 32.8 Å². The molecule has 3 atom stereocenters. The molecule has 0 radical (unpaired) electrons. The van der Waals surface area contributed by atoms with Crippen molar-refractivity contribution in [2.24, 2.45) is 11.8 Å². The number of esters is 1. The zero-order valence-electron chi connectivity index (χ0n) is 20.9. The number of anilines is 1. The Morgan fingerprint density at radius 2 is 2.14 bits per heavy atom. The Kier molecular flexibility index (Phi) is 7.11. The normalized spacial score (nSPS) is 25.4. The van der Waals surface area contributed by atoms with E-state index in [4.69, 9.17) is 21.1 Å². The van der Waals surface area contributed by atoms with Crippen molar-refractivity contribution in [2.45, 2.75) is 57.3 Å². The quantitative estimate of drug-likeness (QED) is 0.321. The first-order valence-corrected chi connectivity index (χ1v) is 13.5. The average molecular weight is 494 g/mol. The molecule has 0 amide bonds. The Labute approximate surface area is 214 Å². The number of aryl methyl sites for hydroxylation is 1. The molecule has 5 rings (SSSR count). The van der Waals surface area contributed by atoms with E-state index in [1.807, 2.05) is 24.3 Å². The highest BCUT2D eigenvalue weighted by Gasteiger charge is 2.43. The van der Waals surface area contributed by atoms with Gasteiger partial charge in [0, 0.05) is 23.5 Å². The van der Waals surface area contributed by atoms with Crippen molar-refractivity contribution >= 4 is 23.3 Å². The van der Waals surface area contributed by atoms with Crippen LogP contribution in [0.4, 0.5) is 5.69 Å². The van der Waals surface area contributed by atoms with Crippen LogP contribution in [0.5, 0.6) is 5.75 Å². The maximum Gasteiger partial charge on any atom is 0.337 e. The van der Waals surface area contributed by atoms with Gasteiger partial charge in [-0.3, -0.25) is 0 Å². The number of methoxy groups -OCH3 is 1. The lowest BCUT2D eigenvalue weighted by Crippen LogP contribution is -2.48. The highest BCUT2D eigenvalue weighted by atomic mass is 35.5. The number of benzene rings is 2. The number of fused-ring (bicyclic) bond motifs is 3. The smallest absolute Gasteiger partial charge is 0.337 e. The molecule has 2 aromatic carbocycles. The monoisotopic (exact) mass is 493 g/mol. The van der Waals surface area contributed by atoms with Crippen LogP contribution >= 0.6 is 11.6 Å². The number of unbranched alkanes of at least 4 members (excludes halogenated alkanes) is 1. The Hall–Kier alpha value is -2.46. The van der Waals surface area contributed by atoms with Crippen LogP contribution in [-0.2, 0) is 16.6 Å². The molecule has 1 heterocycles. The molecule has 0 N–H and O–H groups in total. The SMILES string of the molecule is CCC/C=C/[C@@H]1CC[C@H]1CN1C[C@@]2(CCCc3cc(Cl)ccc32)COc2ccc(C(=O)OC)cc21. The summed E-state index contributed by atoms with van der Waals surface area (Å²) in [4.78, 5) is 14.9. The molecule has 0 aromatic heterocycles. The second kappa shape index (κ2) is 10.3. The molecule has 1 fully saturated rings. The fourth-order valence-corrected chi connectivity index (χ4v) is 6.35. The highest BCUT2D eigenvalue weighted by Crippen LogP contribution is 2.46. The number of carbonyl (C=O) groups excluding carboxylic acids is 1. The second-order valence-corrected chi connectivity index (χ2v) is 10.9. The predicted octanol–water partition coefficient (Wildman–Crippen LogP) is 6.98. The molecule has 1 saturated carbocycles. The summed E-state index contributed by atoms with van der Waals surface area (Å²) in [5.41, 5.74) is 4.19. The molecule has 3 aliphatic rings. The van der Waals surface area contributed by atoms with Crippen molar-refractivity contribution in [3.63, 3.8) is 0 Å². The lowest BCUT2D eigenvalue weighted by atomic mass is 9.69. The van der Waals surface area contributed by atoms with Gasteiger partial charge in [-0.15, -0.1) is 0 Å². The minimum atomic E-state index is -0.312. The molecule has 0 unspecified atom stereocenters. The van der Waals surface area contributed by atoms with Crippen LogP contribution < -0.4 is 9.64 Å². The van der Waals surface area contributed by atoms with Crippen molar-refractivity contribution in [2.75, 3.05) is 31.7 Å². The summed E-state index contributed by atoms with van der Waals surface area (Å²) >= 11 is 6.37. The van der Waals surface area contributed by atoms with Gasteiger partial charge in [0.15, 0.2) is 0 Å². The van der Waals surface area contributed by atoms with Crippen molar-refractivity contribution < 1.29 is 14.3 Å². The van der Waals surface area contributed by atoms with E-state index >= 15 is 0 Å². The van der Waals surface area contributed by atoms with Crippen molar-refractivity contribution in [1.29, 1.82) is 0 Å². The first-order valence-electron chi connectivity index (χ1n) is 13.1. The number of carbonyl (C=O) groups is 1. The topological polar surface area (TPSA) is 38.8 Å². The molecular formula is C30H36ClNO3. The summed E-state index contributed by atoms with van der Waals surface area (Å²) in [5, 5.41) is 0.800. The van der Waals surface area contributed by atoms with Gasteiger partial charge >= 0.3 is 5.97 Å². The summed E-state index contributed by atoms with van der Waals surface area (Å²) in [5.74, 6) is 1.79. The fourth-order valence-electron chi connectivity index (χ4n) is 6.15. The predicted molar refractivity (Wildman–Crippen MR) is 142 cm³/mol. The van der Waals surface area contributed by atoms with Crippen molar-refractivity contribution in [3.8, 4) is 5.75 Å². The first kappa shape index (κ1) is 24.2. The summed E-state index contributed by atoms with van der Waals surface area (Å²) in [6.45, 7) is 4.70. The number of halogens is 1. The number of nitrogens with zero attached hydrogens (tertiary/aromatic N) is 1. The van der Waals surface area contributed by atoms with Crippen LogP contribution in [0.2, 0.25) is 5.02 Å². The number of ether oxygens (including phenoxy) is 2. The Morgan fingerprint density at radius 1 is 1.26 bits per heavy atom. The van der Waals surface area contributed by atoms with Crippen LogP contribution in [0.15, 0.2) is 48.6 Å². The molecule has 4 nitrogen and oxygen atoms in total. The van der Waals surface area contributed by atoms with Crippen LogP contribution in [0, 0.1) is 11.8 Å². The lowest BCUT2D eigenvalue weighted by Gasteiger charge is -2.44. The standard InChI is InChI=1S/C30H36ClNO3/c1-3-4-5-7-21-9-10-24(21)18-32-19-30(15-6-8-22-16-25(31)12-13-26(22)30)20-35-28-14-11-23(17-27(28)32)29(33)34-2/h5,7,11-14,16-17,21,24H,3-4,6,8-10,15,18-20H2,1-2H3/b7-5+/t21-,24+,30+/m1/s1. The van der Waals surface area contributed by atoms with E-state index in [9.17, 15) is 4.79 Å². The number of hydrogen-bond acceptors (Lipinski definition) is 4. The highest BCUT2D eigenvalue weighted by molar-refractivity contribution is 6.30. The summed E-state index contributed by atoms with van der Waals surface area (Å²) in [6, 6.07) is 12.1. The Morgan fingerprint density at radius 3 is 2.91 bits per heavy atom. The average Bonchev–Trinajstić information content (AvgIpc) is 3.01. The number of rotatable bonds is 6. The summed E-state index contributed by atoms with van der Waals surface area (Å²) in [7, 11) is 1.43. The van der Waals surface area contributed by atoms with Crippen LogP contribution in [0.3, 0.4) is 0 Å².